The van der Waals surface area contributed by atoms with Crippen LogP contribution in [-0.4, -0.2) is 11.1 Å². The first-order valence-electron chi connectivity index (χ1n) is 10.8. The second-order valence-corrected chi connectivity index (χ2v) is 7.81. The molecule has 0 aliphatic carbocycles. The standard InChI is InChI=1S/C22H44O2/c1-5-9-12-13-15-17-20(16-14-10-6-2)19-22(8-4,21(23)24)18-11-7-3/h20H,5-19H2,1-4H3,(H,23,24). The summed E-state index contributed by atoms with van der Waals surface area (Å²) in [6, 6.07) is 0. The summed E-state index contributed by atoms with van der Waals surface area (Å²) in [6.45, 7) is 8.74. The smallest absolute Gasteiger partial charge is 0.309 e. The molecule has 0 saturated heterocycles. The molecule has 24 heavy (non-hydrogen) atoms. The third-order valence-corrected chi connectivity index (χ3v) is 5.75. The van der Waals surface area contributed by atoms with Crippen LogP contribution in [0.3, 0.4) is 0 Å². The number of carbonyl (C=O) groups is 1. The second-order valence-electron chi connectivity index (χ2n) is 7.81. The molecule has 2 nitrogen and oxygen atoms in total. The molecule has 0 fully saturated rings. The van der Waals surface area contributed by atoms with Crippen molar-refractivity contribution < 1.29 is 9.90 Å². The first kappa shape index (κ1) is 23.5. The Labute approximate surface area is 151 Å². The molecule has 0 aromatic carbocycles. The van der Waals surface area contributed by atoms with E-state index < -0.39 is 11.4 Å². The molecule has 0 rings (SSSR count). The number of hydrogen-bond donors (Lipinski definition) is 1. The quantitative estimate of drug-likeness (QED) is 0.277. The fourth-order valence-corrected chi connectivity index (χ4v) is 3.90. The Kier molecular flexibility index (Phi) is 14.5. The van der Waals surface area contributed by atoms with E-state index in [1.165, 1.54) is 64.2 Å². The Bertz CT molecular complexity index is 300. The Morgan fingerprint density at radius 3 is 1.79 bits per heavy atom. The zero-order chi connectivity index (χ0) is 18.3. The zero-order valence-corrected chi connectivity index (χ0v) is 17.0. The molecule has 144 valence electrons. The molecule has 0 aromatic heterocycles. The van der Waals surface area contributed by atoms with E-state index in [4.69, 9.17) is 0 Å². The molecule has 2 unspecified atom stereocenters. The van der Waals surface area contributed by atoms with Crippen LogP contribution in [0.25, 0.3) is 0 Å². The van der Waals surface area contributed by atoms with Crippen LogP contribution in [-0.2, 0) is 4.79 Å². The average Bonchev–Trinajstić information content (AvgIpc) is 2.57. The molecule has 0 heterocycles. The maximum absolute atomic E-state index is 12.0. The van der Waals surface area contributed by atoms with Crippen molar-refractivity contribution >= 4 is 5.97 Å². The summed E-state index contributed by atoms with van der Waals surface area (Å²) >= 11 is 0. The van der Waals surface area contributed by atoms with Gasteiger partial charge in [0, 0.05) is 0 Å². The van der Waals surface area contributed by atoms with Gasteiger partial charge in [-0.1, -0.05) is 105 Å². The Morgan fingerprint density at radius 2 is 1.29 bits per heavy atom. The van der Waals surface area contributed by atoms with E-state index in [1.807, 2.05) is 0 Å². The van der Waals surface area contributed by atoms with Crippen LogP contribution in [0.5, 0.6) is 0 Å². The Hall–Kier alpha value is -0.530. The highest BCUT2D eigenvalue weighted by molar-refractivity contribution is 5.74. The fraction of sp³-hybridized carbons (Fsp3) is 0.955. The largest absolute Gasteiger partial charge is 0.481 e. The molecule has 0 aliphatic rings. The number of unbranched alkanes of at least 4 members (excludes halogenated alkanes) is 7. The summed E-state index contributed by atoms with van der Waals surface area (Å²) in [7, 11) is 0. The minimum atomic E-state index is -0.551. The van der Waals surface area contributed by atoms with Gasteiger partial charge in [0.25, 0.3) is 0 Å². The van der Waals surface area contributed by atoms with Gasteiger partial charge in [-0.25, -0.2) is 0 Å². The minimum absolute atomic E-state index is 0.476. The van der Waals surface area contributed by atoms with Gasteiger partial charge < -0.3 is 5.11 Å². The van der Waals surface area contributed by atoms with Crippen LogP contribution < -0.4 is 0 Å². The van der Waals surface area contributed by atoms with Gasteiger partial charge >= 0.3 is 5.97 Å². The van der Waals surface area contributed by atoms with Crippen molar-refractivity contribution in [1.82, 2.24) is 0 Å². The van der Waals surface area contributed by atoms with Crippen LogP contribution in [0.15, 0.2) is 0 Å². The SMILES string of the molecule is CCCCCCCC(CCCCC)CC(CC)(CCCC)C(=O)O. The molecule has 2 atom stereocenters. The highest BCUT2D eigenvalue weighted by Crippen LogP contribution is 2.39. The molecule has 1 N–H and O–H groups in total. The minimum Gasteiger partial charge on any atom is -0.481 e. The predicted molar refractivity (Wildman–Crippen MR) is 106 cm³/mol. The molecule has 0 amide bonds. The van der Waals surface area contributed by atoms with Gasteiger partial charge in [0.2, 0.25) is 0 Å². The van der Waals surface area contributed by atoms with Gasteiger partial charge in [-0.05, 0) is 25.2 Å². The number of aliphatic carboxylic acids is 1. The Balaban J connectivity index is 4.71. The maximum atomic E-state index is 12.0. The number of carboxylic acid groups (broad SMARTS) is 1. The van der Waals surface area contributed by atoms with E-state index in [1.54, 1.807) is 0 Å². The van der Waals surface area contributed by atoms with Crippen molar-refractivity contribution in [3.63, 3.8) is 0 Å². The first-order valence-corrected chi connectivity index (χ1v) is 10.8. The van der Waals surface area contributed by atoms with E-state index in [0.29, 0.717) is 5.92 Å². The monoisotopic (exact) mass is 340 g/mol. The van der Waals surface area contributed by atoms with Crippen molar-refractivity contribution in [3.8, 4) is 0 Å². The lowest BCUT2D eigenvalue weighted by Crippen LogP contribution is -2.33. The van der Waals surface area contributed by atoms with Crippen molar-refractivity contribution in [1.29, 1.82) is 0 Å². The average molecular weight is 341 g/mol. The predicted octanol–water partition coefficient (Wildman–Crippen LogP) is 7.60. The van der Waals surface area contributed by atoms with Crippen molar-refractivity contribution in [3.05, 3.63) is 0 Å². The van der Waals surface area contributed by atoms with Gasteiger partial charge in [-0.2, -0.15) is 0 Å². The third kappa shape index (κ3) is 9.69. The molecule has 2 heteroatoms. The first-order chi connectivity index (χ1) is 11.6. The normalized spacial score (nSPS) is 15.2. The van der Waals surface area contributed by atoms with E-state index >= 15 is 0 Å². The van der Waals surface area contributed by atoms with Crippen LogP contribution in [0, 0.1) is 11.3 Å². The molecule has 0 bridgehead atoms. The topological polar surface area (TPSA) is 37.3 Å². The molecular formula is C22H44O2. The fourth-order valence-electron chi connectivity index (χ4n) is 3.90. The lowest BCUT2D eigenvalue weighted by atomic mass is 9.71. The van der Waals surface area contributed by atoms with E-state index in [0.717, 1.165) is 32.1 Å². The highest BCUT2D eigenvalue weighted by Gasteiger charge is 2.37. The number of hydrogen-bond acceptors (Lipinski definition) is 1. The summed E-state index contributed by atoms with van der Waals surface area (Å²) in [5.74, 6) is 0.0519. The van der Waals surface area contributed by atoms with Gasteiger partial charge in [0.1, 0.15) is 0 Å². The summed E-state index contributed by atoms with van der Waals surface area (Å²) in [5, 5.41) is 9.91. The summed E-state index contributed by atoms with van der Waals surface area (Å²) in [4.78, 5) is 12.0. The number of rotatable bonds is 17. The summed E-state index contributed by atoms with van der Waals surface area (Å²) in [5.41, 5.74) is -0.476. The molecule has 0 aromatic rings. The van der Waals surface area contributed by atoms with Crippen LogP contribution >= 0.6 is 0 Å². The third-order valence-electron chi connectivity index (χ3n) is 5.75. The molecular weight excluding hydrogens is 296 g/mol. The van der Waals surface area contributed by atoms with Gasteiger partial charge in [-0.15, -0.1) is 0 Å². The number of carboxylic acids is 1. The van der Waals surface area contributed by atoms with Crippen LogP contribution in [0.4, 0.5) is 0 Å². The molecule has 0 aliphatic heterocycles. The van der Waals surface area contributed by atoms with E-state index in [2.05, 4.69) is 27.7 Å². The summed E-state index contributed by atoms with van der Waals surface area (Å²) < 4.78 is 0. The highest BCUT2D eigenvalue weighted by atomic mass is 16.4. The van der Waals surface area contributed by atoms with Gasteiger partial charge in [-0.3, -0.25) is 4.79 Å². The maximum Gasteiger partial charge on any atom is 0.309 e. The second kappa shape index (κ2) is 14.8. The lowest BCUT2D eigenvalue weighted by molar-refractivity contribution is -0.151. The molecule has 0 saturated carbocycles. The van der Waals surface area contributed by atoms with Crippen molar-refractivity contribution in [2.24, 2.45) is 11.3 Å². The van der Waals surface area contributed by atoms with Gasteiger partial charge in [0.05, 0.1) is 5.41 Å². The van der Waals surface area contributed by atoms with E-state index in [9.17, 15) is 9.90 Å². The Morgan fingerprint density at radius 1 is 0.792 bits per heavy atom. The molecule has 0 spiro atoms. The van der Waals surface area contributed by atoms with Crippen molar-refractivity contribution in [2.75, 3.05) is 0 Å². The van der Waals surface area contributed by atoms with Gasteiger partial charge in [0.15, 0.2) is 0 Å². The van der Waals surface area contributed by atoms with Crippen LogP contribution in [0.2, 0.25) is 0 Å². The van der Waals surface area contributed by atoms with Crippen LogP contribution in [0.1, 0.15) is 124 Å². The molecule has 0 radical (unpaired) electrons. The van der Waals surface area contributed by atoms with Crippen molar-refractivity contribution in [2.45, 2.75) is 124 Å². The zero-order valence-electron chi connectivity index (χ0n) is 17.0. The summed E-state index contributed by atoms with van der Waals surface area (Å²) in [6.07, 6.45) is 17.5. The lowest BCUT2D eigenvalue weighted by Gasteiger charge is -2.32. The van der Waals surface area contributed by atoms with E-state index in [-0.39, 0.29) is 0 Å².